The molecule has 0 unspecified atom stereocenters. The molecule has 0 fully saturated rings. The quantitative estimate of drug-likeness (QED) is 0.0542. The van der Waals surface area contributed by atoms with Gasteiger partial charge in [0.25, 0.3) is 0 Å². The molecule has 6 heterocycles. The van der Waals surface area contributed by atoms with E-state index in [9.17, 15) is 0 Å². The van der Waals surface area contributed by atoms with Gasteiger partial charge in [0.2, 0.25) is 0 Å². The second-order valence-corrected chi connectivity index (χ2v) is 56.5. The van der Waals surface area contributed by atoms with Crippen molar-refractivity contribution in [3.63, 3.8) is 0 Å². The maximum absolute atomic E-state index is 8.57. The zero-order chi connectivity index (χ0) is 60.1. The fourth-order valence-electron chi connectivity index (χ4n) is 10.7. The normalized spacial score (nSPS) is 15.6. The molecule has 4 aliphatic heterocycles. The monoisotopic (exact) mass is 1400 g/mol. The summed E-state index contributed by atoms with van der Waals surface area (Å²) in [7, 11) is -5.48. The van der Waals surface area contributed by atoms with E-state index in [1.807, 2.05) is 94.1 Å². The third-order valence-electron chi connectivity index (χ3n) is 12.8. The Labute approximate surface area is 535 Å². The second kappa shape index (κ2) is 24.9. The van der Waals surface area contributed by atoms with Crippen molar-refractivity contribution < 1.29 is 5.53 Å². The van der Waals surface area contributed by atoms with Crippen LogP contribution >= 0.6 is 94.1 Å². The number of hydrogen-bond acceptors (Lipinski definition) is 16. The Morgan fingerprint density at radius 2 is 0.542 bits per heavy atom. The van der Waals surface area contributed by atoms with Crippen LogP contribution in [0.4, 0.5) is 11.6 Å². The third-order valence-corrected chi connectivity index (χ3v) is 43.7. The Morgan fingerprint density at radius 3 is 0.795 bits per heavy atom. The number of thioether (sulfide) groups is 8. The van der Waals surface area contributed by atoms with Gasteiger partial charge in [0.1, 0.15) is 0 Å². The van der Waals surface area contributed by atoms with Crippen LogP contribution in [0.1, 0.15) is 133 Å². The first-order valence-electron chi connectivity index (χ1n) is 29.2. The molecule has 83 heavy (non-hydrogen) atoms. The van der Waals surface area contributed by atoms with E-state index in [4.69, 9.17) is 35.5 Å². The van der Waals surface area contributed by atoms with Gasteiger partial charge < -0.3 is 0 Å². The van der Waals surface area contributed by atoms with Gasteiger partial charge in [0.05, 0.1) is 0 Å². The van der Waals surface area contributed by atoms with Crippen molar-refractivity contribution in [2.75, 3.05) is 0 Å². The first-order valence-corrected chi connectivity index (χ1v) is 48.0. The second-order valence-electron chi connectivity index (χ2n) is 25.5. The molecule has 442 valence electrons. The van der Waals surface area contributed by atoms with Gasteiger partial charge in [-0.25, -0.2) is 0 Å². The average Bonchev–Trinajstić information content (AvgIpc) is 2.68. The van der Waals surface area contributed by atoms with Crippen LogP contribution in [0, 0.1) is 0 Å². The number of amidine groups is 4. The van der Waals surface area contributed by atoms with Crippen LogP contribution in [0.2, 0.25) is 39.3 Å². The van der Waals surface area contributed by atoms with Crippen molar-refractivity contribution in [2.45, 2.75) is 231 Å². The Bertz CT molecular complexity index is 3610. The Kier molecular flexibility index (Phi) is 19.2. The van der Waals surface area contributed by atoms with Crippen LogP contribution in [0.3, 0.4) is 0 Å². The fourth-order valence-corrected chi connectivity index (χ4v) is 43.9. The molecule has 4 aliphatic rings. The molecule has 4 aromatic carbocycles. The van der Waals surface area contributed by atoms with Crippen LogP contribution < -0.4 is 11.0 Å². The molecule has 10 nitrogen and oxygen atoms in total. The zero-order valence-electron chi connectivity index (χ0n) is 52.4. The molecule has 0 saturated carbocycles. The summed E-state index contributed by atoms with van der Waals surface area (Å²) in [6.07, 6.45) is 0. The van der Waals surface area contributed by atoms with Crippen LogP contribution in [-0.4, -0.2) is 107 Å². The van der Waals surface area contributed by atoms with Gasteiger partial charge >= 0.3 is 541 Å². The molecule has 0 aliphatic carbocycles. The van der Waals surface area contributed by atoms with Gasteiger partial charge in [-0.05, 0) is 0 Å². The maximum atomic E-state index is 8.57. The molecule has 0 N–H and O–H groups in total. The van der Waals surface area contributed by atoms with Gasteiger partial charge in [-0.1, -0.05) is 0 Å². The van der Waals surface area contributed by atoms with Crippen molar-refractivity contribution in [1.29, 1.82) is 0 Å². The van der Waals surface area contributed by atoms with Crippen LogP contribution in [0.5, 0.6) is 0 Å². The summed E-state index contributed by atoms with van der Waals surface area (Å²) in [6, 6.07) is 18.5. The minimum atomic E-state index is -5.87. The molecular weight excluding hydrogens is 1320 g/mol. The summed E-state index contributed by atoms with van der Waals surface area (Å²) < 4.78 is 22.1. The number of nitrogens with zero attached hydrogens (tertiary/aromatic N) is 8. The number of fused-ring (bicyclic) bond motifs is 14. The van der Waals surface area contributed by atoms with Crippen molar-refractivity contribution in [2.24, 2.45) is 30.0 Å². The predicted octanol–water partition coefficient (Wildman–Crippen LogP) is 19.1. The van der Waals surface area contributed by atoms with E-state index in [0.29, 0.717) is 23.3 Å². The van der Waals surface area contributed by atoms with E-state index in [1.54, 1.807) is 0 Å². The summed E-state index contributed by atoms with van der Waals surface area (Å²) in [5, 5.41) is 6.23. The number of rotatable bonds is 20. The predicted molar refractivity (Wildman–Crippen MR) is 378 cm³/mol. The van der Waals surface area contributed by atoms with Crippen LogP contribution in [0.15, 0.2) is 118 Å². The molecule has 2 aromatic heterocycles. The first kappa shape index (κ1) is 64.2. The molecule has 0 saturated heterocycles. The molecule has 21 heteroatoms. The molecule has 6 bridgehead atoms. The van der Waals surface area contributed by atoms with Crippen LogP contribution in [0.25, 0.3) is 21.5 Å². The van der Waals surface area contributed by atoms with Crippen molar-refractivity contribution in [1.82, 2.24) is 5.58 Å². The van der Waals surface area contributed by atoms with Gasteiger partial charge in [0.15, 0.2) is 0 Å². The first-order chi connectivity index (χ1) is 38.9. The van der Waals surface area contributed by atoms with Crippen molar-refractivity contribution in [3.8, 4) is 0 Å². The molecule has 10 rings (SSSR count). The summed E-state index contributed by atoms with van der Waals surface area (Å²) in [6.45, 7) is 50.4. The summed E-state index contributed by atoms with van der Waals surface area (Å²) in [4.78, 5) is 45.6. The van der Waals surface area contributed by atoms with Crippen LogP contribution in [-0.2, 0) is 5.53 Å². The van der Waals surface area contributed by atoms with E-state index in [2.05, 4.69) is 204 Å². The zero-order valence-corrected chi connectivity index (χ0v) is 63.8. The van der Waals surface area contributed by atoms with E-state index in [0.717, 1.165) is 106 Å². The molecule has 0 atom stereocenters. The Hall–Kier alpha value is -1.81. The van der Waals surface area contributed by atoms with Gasteiger partial charge in [0, 0.05) is 0 Å². The average molecular weight is 1400 g/mol. The summed E-state index contributed by atoms with van der Waals surface area (Å²) in [5.41, 5.74) is 5.57. The third kappa shape index (κ3) is 13.0. The van der Waals surface area contributed by atoms with E-state index in [-0.39, 0.29) is 42.0 Å². The van der Waals surface area contributed by atoms with Crippen molar-refractivity contribution in [3.05, 3.63) is 81.8 Å². The minimum absolute atomic E-state index is 0.244. The molecule has 6 aromatic rings. The number of aliphatic imine (C=N–C) groups is 4. The SMILES string of the molecule is CC(C)Sc1ccc(SC(C)C)c2c1C1=NC2=Nc2c3c(SC(C)C)ccc(SC(C)C)c3c3[n]2[Sn]([O][Si](C)(C)C)([O][Si](C)(C)C)[n]2c(c4c(SC(C)C)ccc(SC(C)C)c4c2=NC2=NC(=N3)c3c(SC(C)C)ccc(SC(C)C)c32)=N1. The standard InChI is InChI=1S/C56H64N8S8.2C3H9OSi.Sn/c1-25(2)65-33-17-18-34(66-26(3)4)42-41(33)49-57-50(42)62-52-45-37(69-29(9)10)21-22-38(70-30(11)12)46(45)54(59-52)64-56-48-40(72-32(15)16)24-23-39(71-31(13)14)47(48)55(60-56)63-53-44-36(68-28(7)8)20-19-35(67-27(5)6)43(44)51(58-53)61-49;2*1-5(2,3)4;/h17-32H,1-16H3;2*1-3H3;/q-2;2*-1;+4. The fraction of sp³-hybridized carbons (Fsp3) is 0.484. The van der Waals surface area contributed by atoms with Crippen molar-refractivity contribution >= 4 is 187 Å². The Morgan fingerprint density at radius 1 is 0.313 bits per heavy atom. The van der Waals surface area contributed by atoms with E-state index in [1.165, 1.54) is 0 Å². The molecule has 0 radical (unpaired) electrons. The molecule has 0 amide bonds. The molecule has 0 spiro atoms. The number of benzene rings is 4. The van der Waals surface area contributed by atoms with E-state index < -0.39 is 36.4 Å². The molecular formula is C62H82N8O2S8Si2Sn. The van der Waals surface area contributed by atoms with Gasteiger partial charge in [-0.3, -0.25) is 0 Å². The van der Waals surface area contributed by atoms with Gasteiger partial charge in [-0.15, -0.1) is 0 Å². The summed E-state index contributed by atoms with van der Waals surface area (Å²) in [5.74, 6) is 4.07. The topological polar surface area (TPSA) is 102 Å². The number of hydrogen-bond donors (Lipinski definition) is 0. The number of aromatic nitrogens is 2. The van der Waals surface area contributed by atoms with Gasteiger partial charge in [-0.2, -0.15) is 0 Å². The van der Waals surface area contributed by atoms with E-state index >= 15 is 0 Å². The Balaban J connectivity index is 1.64. The summed E-state index contributed by atoms with van der Waals surface area (Å²) >= 11 is 9.06.